The van der Waals surface area contributed by atoms with Crippen molar-refractivity contribution in [2.75, 3.05) is 0 Å². The fraction of sp³-hybridized carbons (Fsp3) is 0.286. The Balaban J connectivity index is 2.16. The van der Waals surface area contributed by atoms with Gasteiger partial charge in [-0.1, -0.05) is 46.3 Å². The maximum atomic E-state index is 4.46. The first-order valence-electron chi connectivity index (χ1n) is 5.65. The highest BCUT2D eigenvalue weighted by atomic mass is 79.9. The summed E-state index contributed by atoms with van der Waals surface area (Å²) in [6, 6.07) is 12.3. The lowest BCUT2D eigenvalue weighted by Gasteiger charge is -2.10. The minimum atomic E-state index is 0.268. The van der Waals surface area contributed by atoms with Crippen molar-refractivity contribution >= 4 is 15.9 Å². The Morgan fingerprint density at radius 1 is 1.06 bits per heavy atom. The minimum Gasteiger partial charge on any atom is -0.238 e. The van der Waals surface area contributed by atoms with Gasteiger partial charge in [0.1, 0.15) is 5.82 Å². The van der Waals surface area contributed by atoms with Gasteiger partial charge >= 0.3 is 0 Å². The quantitative estimate of drug-likeness (QED) is 0.804. The lowest BCUT2D eigenvalue weighted by molar-refractivity contribution is 0.829. The van der Waals surface area contributed by atoms with Crippen LogP contribution in [0.25, 0.3) is 0 Å². The number of benzene rings is 1. The standard InChI is InChI=1S/C14H15BrN2/c1-10-8-11(2)17-14(16-10)9-13(15)12-6-4-3-5-7-12/h3-8,13H,9H2,1-2H3. The molecule has 0 fully saturated rings. The summed E-state index contributed by atoms with van der Waals surface area (Å²) in [4.78, 5) is 9.19. The lowest BCUT2D eigenvalue weighted by Crippen LogP contribution is -2.03. The van der Waals surface area contributed by atoms with E-state index in [0.717, 1.165) is 23.6 Å². The minimum absolute atomic E-state index is 0.268. The maximum absolute atomic E-state index is 4.46. The Labute approximate surface area is 110 Å². The number of rotatable bonds is 3. The summed E-state index contributed by atoms with van der Waals surface area (Å²) >= 11 is 3.69. The van der Waals surface area contributed by atoms with Crippen LogP contribution < -0.4 is 0 Å². The predicted molar refractivity (Wildman–Crippen MR) is 73.3 cm³/mol. The van der Waals surface area contributed by atoms with E-state index in [2.05, 4.69) is 38.0 Å². The molecule has 0 aliphatic heterocycles. The zero-order chi connectivity index (χ0) is 12.3. The first-order chi connectivity index (χ1) is 8.15. The van der Waals surface area contributed by atoms with Gasteiger partial charge in [0.25, 0.3) is 0 Å². The molecule has 0 aliphatic carbocycles. The molecule has 1 atom stereocenters. The van der Waals surface area contributed by atoms with Crippen LogP contribution in [0.5, 0.6) is 0 Å². The molecule has 0 bridgehead atoms. The van der Waals surface area contributed by atoms with E-state index in [1.165, 1.54) is 5.56 Å². The van der Waals surface area contributed by atoms with Crippen molar-refractivity contribution in [1.82, 2.24) is 9.97 Å². The number of nitrogens with zero attached hydrogens (tertiary/aromatic N) is 2. The molecule has 1 unspecified atom stereocenters. The zero-order valence-electron chi connectivity index (χ0n) is 10.0. The van der Waals surface area contributed by atoms with Gasteiger partial charge in [0.15, 0.2) is 0 Å². The van der Waals surface area contributed by atoms with Crippen LogP contribution in [0.15, 0.2) is 36.4 Å². The molecule has 0 N–H and O–H groups in total. The number of halogens is 1. The molecular formula is C14H15BrN2. The molecule has 0 amide bonds. The summed E-state index contributed by atoms with van der Waals surface area (Å²) in [6.07, 6.45) is 0.812. The molecule has 2 nitrogen and oxygen atoms in total. The van der Waals surface area contributed by atoms with Crippen molar-refractivity contribution in [2.24, 2.45) is 0 Å². The van der Waals surface area contributed by atoms with Gasteiger partial charge in [-0.25, -0.2) is 9.97 Å². The van der Waals surface area contributed by atoms with Crippen molar-refractivity contribution in [3.63, 3.8) is 0 Å². The highest BCUT2D eigenvalue weighted by Crippen LogP contribution is 2.25. The van der Waals surface area contributed by atoms with E-state index in [-0.39, 0.29) is 4.83 Å². The number of hydrogen-bond acceptors (Lipinski definition) is 2. The average molecular weight is 291 g/mol. The van der Waals surface area contributed by atoms with E-state index < -0.39 is 0 Å². The Kier molecular flexibility index (Phi) is 3.89. The normalized spacial score (nSPS) is 12.4. The fourth-order valence-corrected chi connectivity index (χ4v) is 2.43. The van der Waals surface area contributed by atoms with Crippen molar-refractivity contribution in [3.05, 3.63) is 59.2 Å². The molecular weight excluding hydrogens is 276 g/mol. The summed E-state index contributed by atoms with van der Waals surface area (Å²) in [5.41, 5.74) is 3.32. The van der Waals surface area contributed by atoms with E-state index in [1.807, 2.05) is 38.1 Å². The van der Waals surface area contributed by atoms with E-state index in [1.54, 1.807) is 0 Å². The predicted octanol–water partition coefficient (Wildman–Crippen LogP) is 3.77. The van der Waals surface area contributed by atoms with Gasteiger partial charge in [-0.2, -0.15) is 0 Å². The summed E-state index contributed by atoms with van der Waals surface area (Å²) in [5, 5.41) is 0. The molecule has 1 heterocycles. The fourth-order valence-electron chi connectivity index (χ4n) is 1.83. The SMILES string of the molecule is Cc1cc(C)nc(CC(Br)c2ccccc2)n1. The Hall–Kier alpha value is -1.22. The maximum Gasteiger partial charge on any atom is 0.130 e. The van der Waals surface area contributed by atoms with Crippen LogP contribution in [0.4, 0.5) is 0 Å². The van der Waals surface area contributed by atoms with Crippen LogP contribution in [-0.4, -0.2) is 9.97 Å². The van der Waals surface area contributed by atoms with Gasteiger partial charge in [-0.05, 0) is 25.5 Å². The molecule has 17 heavy (non-hydrogen) atoms. The largest absolute Gasteiger partial charge is 0.238 e. The second-order valence-electron chi connectivity index (χ2n) is 4.15. The molecule has 0 aliphatic rings. The Morgan fingerprint density at radius 3 is 2.24 bits per heavy atom. The summed E-state index contributed by atoms with van der Waals surface area (Å²) in [5.74, 6) is 0.897. The number of aryl methyl sites for hydroxylation is 2. The zero-order valence-corrected chi connectivity index (χ0v) is 11.6. The van der Waals surface area contributed by atoms with E-state index >= 15 is 0 Å². The summed E-state index contributed by atoms with van der Waals surface area (Å²) < 4.78 is 0. The topological polar surface area (TPSA) is 25.8 Å². The third kappa shape index (κ3) is 3.37. The van der Waals surface area contributed by atoms with Gasteiger partial charge in [0, 0.05) is 22.6 Å². The van der Waals surface area contributed by atoms with Gasteiger partial charge < -0.3 is 0 Å². The summed E-state index contributed by atoms with van der Waals surface area (Å²) in [6.45, 7) is 4.01. The molecule has 0 saturated carbocycles. The van der Waals surface area contributed by atoms with Crippen molar-refractivity contribution in [1.29, 1.82) is 0 Å². The molecule has 88 valence electrons. The third-order valence-electron chi connectivity index (χ3n) is 2.55. The molecule has 2 rings (SSSR count). The average Bonchev–Trinajstić information content (AvgIpc) is 2.28. The van der Waals surface area contributed by atoms with E-state index in [4.69, 9.17) is 0 Å². The molecule has 1 aromatic carbocycles. The number of hydrogen-bond donors (Lipinski definition) is 0. The second kappa shape index (κ2) is 5.41. The molecule has 3 heteroatoms. The lowest BCUT2D eigenvalue weighted by atomic mass is 10.1. The Morgan fingerprint density at radius 2 is 1.65 bits per heavy atom. The first kappa shape index (κ1) is 12.2. The first-order valence-corrected chi connectivity index (χ1v) is 6.57. The van der Waals surface area contributed by atoms with Crippen LogP contribution in [0.2, 0.25) is 0 Å². The van der Waals surface area contributed by atoms with Crippen LogP contribution in [0, 0.1) is 13.8 Å². The van der Waals surface area contributed by atoms with Gasteiger partial charge in [-0.3, -0.25) is 0 Å². The van der Waals surface area contributed by atoms with Gasteiger partial charge in [0.05, 0.1) is 0 Å². The van der Waals surface area contributed by atoms with E-state index in [0.29, 0.717) is 0 Å². The van der Waals surface area contributed by atoms with Gasteiger partial charge in [0.2, 0.25) is 0 Å². The third-order valence-corrected chi connectivity index (χ3v) is 3.40. The van der Waals surface area contributed by atoms with Crippen molar-refractivity contribution in [2.45, 2.75) is 25.1 Å². The molecule has 1 aromatic heterocycles. The Bertz CT molecular complexity index is 477. The highest BCUT2D eigenvalue weighted by Gasteiger charge is 2.10. The highest BCUT2D eigenvalue weighted by molar-refractivity contribution is 9.09. The number of alkyl halides is 1. The van der Waals surface area contributed by atoms with Crippen LogP contribution in [0.1, 0.15) is 27.6 Å². The summed E-state index contributed by atoms with van der Waals surface area (Å²) in [7, 11) is 0. The molecule has 0 radical (unpaired) electrons. The molecule has 2 aromatic rings. The van der Waals surface area contributed by atoms with Gasteiger partial charge in [-0.15, -0.1) is 0 Å². The monoisotopic (exact) mass is 290 g/mol. The van der Waals surface area contributed by atoms with Crippen molar-refractivity contribution < 1.29 is 0 Å². The number of aromatic nitrogens is 2. The van der Waals surface area contributed by atoms with Crippen LogP contribution >= 0.6 is 15.9 Å². The smallest absolute Gasteiger partial charge is 0.130 e. The van der Waals surface area contributed by atoms with Crippen molar-refractivity contribution in [3.8, 4) is 0 Å². The molecule has 0 saturated heterocycles. The second-order valence-corrected chi connectivity index (χ2v) is 5.25. The van der Waals surface area contributed by atoms with E-state index in [9.17, 15) is 0 Å². The van der Waals surface area contributed by atoms with Crippen LogP contribution in [0.3, 0.4) is 0 Å². The van der Waals surface area contributed by atoms with Crippen LogP contribution in [-0.2, 0) is 6.42 Å². The molecule has 0 spiro atoms.